The molecule has 1 amide bonds. The first-order chi connectivity index (χ1) is 14.0. The molecule has 6 nitrogen and oxygen atoms in total. The number of hydrogen-bond donors (Lipinski definition) is 0. The first kappa shape index (κ1) is 20.3. The van der Waals surface area contributed by atoms with Gasteiger partial charge < -0.3 is 14.4 Å². The van der Waals surface area contributed by atoms with Crippen molar-refractivity contribution in [3.63, 3.8) is 0 Å². The molecule has 0 radical (unpaired) electrons. The Labute approximate surface area is 176 Å². The molecular weight excluding hydrogens is 386 g/mol. The maximum Gasteiger partial charge on any atom is 0.225 e. The van der Waals surface area contributed by atoms with Crippen molar-refractivity contribution < 1.29 is 14.3 Å². The number of carbonyl (C=O) groups is 1. The van der Waals surface area contributed by atoms with E-state index in [4.69, 9.17) is 9.47 Å². The van der Waals surface area contributed by atoms with Gasteiger partial charge >= 0.3 is 0 Å². The second-order valence-corrected chi connectivity index (χ2v) is 9.38. The molecule has 0 unspecified atom stereocenters. The van der Waals surface area contributed by atoms with Crippen molar-refractivity contribution in [2.24, 2.45) is 0 Å². The molecular formula is C22H29N3O3S. The van der Waals surface area contributed by atoms with Crippen LogP contribution < -0.4 is 4.74 Å². The number of hydrogen-bond acceptors (Lipinski definition) is 6. The molecule has 2 saturated heterocycles. The second-order valence-electron chi connectivity index (χ2n) is 8.01. The number of rotatable bonds is 5. The lowest BCUT2D eigenvalue weighted by Crippen LogP contribution is -2.51. The summed E-state index contributed by atoms with van der Waals surface area (Å²) in [4.78, 5) is 24.3. The summed E-state index contributed by atoms with van der Waals surface area (Å²) in [5.74, 6) is 0.906. The number of methoxy groups -OCH3 is 1. The van der Waals surface area contributed by atoms with Crippen LogP contribution >= 0.6 is 11.3 Å². The number of aryl methyl sites for hydroxylation is 1. The largest absolute Gasteiger partial charge is 0.497 e. The fourth-order valence-corrected chi connectivity index (χ4v) is 5.15. The highest BCUT2D eigenvalue weighted by atomic mass is 32.1. The van der Waals surface area contributed by atoms with Crippen LogP contribution in [0.1, 0.15) is 34.7 Å². The van der Waals surface area contributed by atoms with Crippen molar-refractivity contribution >= 4 is 17.2 Å². The topological polar surface area (TPSA) is 54.9 Å². The lowest BCUT2D eigenvalue weighted by atomic mass is 9.90. The molecule has 2 aromatic rings. The van der Waals surface area contributed by atoms with E-state index in [9.17, 15) is 4.79 Å². The van der Waals surface area contributed by atoms with Crippen molar-refractivity contribution in [3.05, 3.63) is 45.9 Å². The van der Waals surface area contributed by atoms with E-state index in [1.807, 2.05) is 28.4 Å². The molecule has 2 aromatic heterocycles. The van der Waals surface area contributed by atoms with Gasteiger partial charge in [0.1, 0.15) is 5.75 Å². The van der Waals surface area contributed by atoms with Crippen LogP contribution in [0.3, 0.4) is 0 Å². The SMILES string of the molecule is COc1ccnc(CN2CC3(CCN(Cc4ccc(C)s4)CC3)OCCC2=O)c1. The van der Waals surface area contributed by atoms with Crippen molar-refractivity contribution in [2.45, 2.75) is 44.9 Å². The zero-order valence-corrected chi connectivity index (χ0v) is 18.0. The van der Waals surface area contributed by atoms with E-state index in [2.05, 4.69) is 28.9 Å². The average molecular weight is 416 g/mol. The van der Waals surface area contributed by atoms with Crippen LogP contribution in [-0.4, -0.2) is 59.6 Å². The molecule has 2 aliphatic heterocycles. The highest BCUT2D eigenvalue weighted by Crippen LogP contribution is 2.32. The summed E-state index contributed by atoms with van der Waals surface area (Å²) < 4.78 is 11.6. The van der Waals surface area contributed by atoms with Gasteiger partial charge in [-0.2, -0.15) is 0 Å². The standard InChI is InChI=1S/C22H29N3O3S/c1-17-3-4-20(29-17)15-24-10-7-22(8-11-24)16-25(21(26)6-12-28-22)14-18-13-19(27-2)5-9-23-18/h3-5,9,13H,6-8,10-12,14-16H2,1-2H3. The minimum atomic E-state index is -0.243. The highest BCUT2D eigenvalue weighted by molar-refractivity contribution is 7.11. The Morgan fingerprint density at radius 2 is 2.07 bits per heavy atom. The Balaban J connectivity index is 1.40. The molecule has 29 heavy (non-hydrogen) atoms. The van der Waals surface area contributed by atoms with Gasteiger partial charge in [0.2, 0.25) is 5.91 Å². The van der Waals surface area contributed by atoms with E-state index in [1.54, 1.807) is 13.3 Å². The van der Waals surface area contributed by atoms with Crippen molar-refractivity contribution in [2.75, 3.05) is 33.4 Å². The molecule has 0 aliphatic carbocycles. The number of carbonyl (C=O) groups excluding carboxylic acids is 1. The molecule has 0 aromatic carbocycles. The summed E-state index contributed by atoms with van der Waals surface area (Å²) in [5.41, 5.74) is 0.604. The summed E-state index contributed by atoms with van der Waals surface area (Å²) in [6, 6.07) is 8.14. The number of pyridine rings is 1. The van der Waals surface area contributed by atoms with Crippen molar-refractivity contribution in [1.29, 1.82) is 0 Å². The summed E-state index contributed by atoms with van der Waals surface area (Å²) in [6.45, 7) is 6.79. The maximum atomic E-state index is 12.7. The third-order valence-corrected chi connectivity index (χ3v) is 6.86. The predicted octanol–water partition coefficient (Wildman–Crippen LogP) is 3.24. The number of nitrogens with zero attached hydrogens (tertiary/aromatic N) is 3. The van der Waals surface area contributed by atoms with Gasteiger partial charge in [0.05, 0.1) is 44.5 Å². The Kier molecular flexibility index (Phi) is 6.18. The normalized spacial score (nSPS) is 20.1. The van der Waals surface area contributed by atoms with Gasteiger partial charge in [0.15, 0.2) is 0 Å². The quantitative estimate of drug-likeness (QED) is 0.750. The third-order valence-electron chi connectivity index (χ3n) is 5.88. The minimum Gasteiger partial charge on any atom is -0.497 e. The van der Waals surface area contributed by atoms with Crippen molar-refractivity contribution in [1.82, 2.24) is 14.8 Å². The van der Waals surface area contributed by atoms with Gasteiger partial charge in [-0.25, -0.2) is 0 Å². The summed E-state index contributed by atoms with van der Waals surface area (Å²) in [7, 11) is 1.64. The maximum absolute atomic E-state index is 12.7. The van der Waals surface area contributed by atoms with E-state index in [-0.39, 0.29) is 11.5 Å². The Morgan fingerprint density at radius 1 is 1.24 bits per heavy atom. The molecule has 156 valence electrons. The molecule has 4 heterocycles. The van der Waals surface area contributed by atoms with Gasteiger partial charge in [-0.05, 0) is 38.0 Å². The third kappa shape index (κ3) is 4.97. The van der Waals surface area contributed by atoms with E-state index < -0.39 is 0 Å². The molecule has 4 rings (SSSR count). The van der Waals surface area contributed by atoms with Gasteiger partial charge in [-0.3, -0.25) is 14.7 Å². The average Bonchev–Trinajstić information content (AvgIpc) is 3.07. The van der Waals surface area contributed by atoms with Crippen LogP contribution in [0.4, 0.5) is 0 Å². The fourth-order valence-electron chi connectivity index (χ4n) is 4.22. The molecule has 0 N–H and O–H groups in total. The van der Waals surface area contributed by atoms with E-state index >= 15 is 0 Å². The Hall–Kier alpha value is -1.96. The first-order valence-electron chi connectivity index (χ1n) is 10.2. The van der Waals surface area contributed by atoms with Crippen LogP contribution in [-0.2, 0) is 22.6 Å². The van der Waals surface area contributed by atoms with Crippen LogP contribution in [0.5, 0.6) is 5.75 Å². The molecule has 2 fully saturated rings. The summed E-state index contributed by atoms with van der Waals surface area (Å²) in [6.07, 6.45) is 4.07. The van der Waals surface area contributed by atoms with Gasteiger partial charge in [0.25, 0.3) is 0 Å². The molecule has 0 bridgehead atoms. The monoisotopic (exact) mass is 415 g/mol. The van der Waals surface area contributed by atoms with Crippen LogP contribution in [0, 0.1) is 6.92 Å². The van der Waals surface area contributed by atoms with E-state index in [0.717, 1.165) is 43.9 Å². The first-order valence-corrected chi connectivity index (χ1v) is 11.1. The van der Waals surface area contributed by atoms with Gasteiger partial charge in [-0.1, -0.05) is 0 Å². The molecule has 7 heteroatoms. The number of amides is 1. The Bertz CT molecular complexity index is 845. The number of likely N-dealkylation sites (tertiary alicyclic amines) is 1. The van der Waals surface area contributed by atoms with Crippen LogP contribution in [0.15, 0.2) is 30.5 Å². The lowest BCUT2D eigenvalue weighted by Gasteiger charge is -2.42. The summed E-state index contributed by atoms with van der Waals surface area (Å²) >= 11 is 1.87. The van der Waals surface area contributed by atoms with E-state index in [0.29, 0.717) is 26.1 Å². The minimum absolute atomic E-state index is 0.142. The lowest BCUT2D eigenvalue weighted by molar-refractivity contribution is -0.132. The number of thiophene rings is 1. The number of piperidine rings is 1. The van der Waals surface area contributed by atoms with Crippen LogP contribution in [0.25, 0.3) is 0 Å². The molecule has 1 spiro atoms. The molecule has 0 atom stereocenters. The zero-order valence-electron chi connectivity index (χ0n) is 17.2. The van der Waals surface area contributed by atoms with Gasteiger partial charge in [-0.15, -0.1) is 11.3 Å². The molecule has 2 aliphatic rings. The number of aromatic nitrogens is 1. The smallest absolute Gasteiger partial charge is 0.225 e. The highest BCUT2D eigenvalue weighted by Gasteiger charge is 2.40. The van der Waals surface area contributed by atoms with E-state index in [1.165, 1.54) is 9.75 Å². The summed E-state index contributed by atoms with van der Waals surface area (Å²) in [5, 5.41) is 0. The number of ether oxygens (including phenoxy) is 2. The van der Waals surface area contributed by atoms with Crippen molar-refractivity contribution in [3.8, 4) is 5.75 Å². The zero-order chi connectivity index (χ0) is 20.3. The van der Waals surface area contributed by atoms with Crippen LogP contribution in [0.2, 0.25) is 0 Å². The predicted molar refractivity (Wildman–Crippen MR) is 113 cm³/mol. The Morgan fingerprint density at radius 3 is 2.79 bits per heavy atom. The second kappa shape index (κ2) is 8.81. The fraction of sp³-hybridized carbons (Fsp3) is 0.545. The van der Waals surface area contributed by atoms with Gasteiger partial charge in [0, 0.05) is 41.7 Å². The molecule has 0 saturated carbocycles.